The summed E-state index contributed by atoms with van der Waals surface area (Å²) in [6.45, 7) is 6.14. The molecule has 0 aliphatic carbocycles. The van der Waals surface area contributed by atoms with Gasteiger partial charge >= 0.3 is 0 Å². The molecule has 0 amide bonds. The number of anilines is 1. The third-order valence-corrected chi connectivity index (χ3v) is 6.98. The summed E-state index contributed by atoms with van der Waals surface area (Å²) in [6, 6.07) is 15.3. The predicted octanol–water partition coefficient (Wildman–Crippen LogP) is 3.45. The first kappa shape index (κ1) is 22.2. The lowest BCUT2D eigenvalue weighted by atomic mass is 10.0. The van der Waals surface area contributed by atoms with Crippen molar-refractivity contribution in [2.24, 2.45) is 5.73 Å². The van der Waals surface area contributed by atoms with Gasteiger partial charge in [0, 0.05) is 49.7 Å². The van der Waals surface area contributed by atoms with E-state index in [4.69, 9.17) is 10.5 Å². The molecule has 2 aliphatic heterocycles. The number of nitrogens with one attached hydrogen (secondary N) is 1. The molecule has 8 nitrogen and oxygen atoms in total. The Kier molecular flexibility index (Phi) is 6.16. The van der Waals surface area contributed by atoms with Crippen molar-refractivity contribution in [2.45, 2.75) is 25.4 Å². The average Bonchev–Trinajstić information content (AvgIpc) is 3.34. The van der Waals surface area contributed by atoms with Crippen LogP contribution in [-0.2, 0) is 11.3 Å². The number of piperidine rings is 1. The highest BCUT2D eigenvalue weighted by Gasteiger charge is 2.18. The fraction of sp³-hybridized carbons (Fsp3) is 0.370. The van der Waals surface area contributed by atoms with E-state index in [1.807, 2.05) is 6.20 Å². The van der Waals surface area contributed by atoms with Crippen LogP contribution in [0.4, 0.5) is 5.82 Å². The van der Waals surface area contributed by atoms with Crippen molar-refractivity contribution in [3.8, 4) is 22.5 Å². The van der Waals surface area contributed by atoms with E-state index in [-0.39, 0.29) is 6.04 Å². The van der Waals surface area contributed by atoms with Gasteiger partial charge in [0.05, 0.1) is 24.3 Å². The van der Waals surface area contributed by atoms with E-state index < -0.39 is 0 Å². The molecule has 35 heavy (non-hydrogen) atoms. The van der Waals surface area contributed by atoms with E-state index in [2.05, 4.69) is 72.2 Å². The van der Waals surface area contributed by atoms with E-state index >= 15 is 0 Å². The number of benzene rings is 1. The third-order valence-electron chi connectivity index (χ3n) is 6.98. The largest absolute Gasteiger partial charge is 0.378 e. The van der Waals surface area contributed by atoms with Crippen LogP contribution in [0.5, 0.6) is 0 Å². The first-order chi connectivity index (χ1) is 17.2. The number of pyridine rings is 1. The summed E-state index contributed by atoms with van der Waals surface area (Å²) in [5.41, 5.74) is 12.5. The lowest BCUT2D eigenvalue weighted by Gasteiger charge is -2.30. The highest BCUT2D eigenvalue weighted by Crippen LogP contribution is 2.30. The second kappa shape index (κ2) is 9.73. The highest BCUT2D eigenvalue weighted by molar-refractivity contribution is 5.92. The second-order valence-electron chi connectivity index (χ2n) is 9.51. The zero-order valence-corrected chi connectivity index (χ0v) is 19.9. The van der Waals surface area contributed by atoms with E-state index in [1.165, 1.54) is 12.0 Å². The molecular formula is C27H31N7O. The molecule has 8 heteroatoms. The van der Waals surface area contributed by atoms with Gasteiger partial charge in [-0.15, -0.1) is 0 Å². The van der Waals surface area contributed by atoms with E-state index in [0.717, 1.165) is 91.7 Å². The van der Waals surface area contributed by atoms with Crippen molar-refractivity contribution in [3.05, 3.63) is 60.6 Å². The summed E-state index contributed by atoms with van der Waals surface area (Å²) in [5, 5.41) is 1.04. The smallest absolute Gasteiger partial charge is 0.143 e. The minimum atomic E-state index is 0.290. The normalized spacial score (nSPS) is 19.3. The third kappa shape index (κ3) is 4.77. The maximum absolute atomic E-state index is 6.16. The number of aromatic amines is 1. The van der Waals surface area contributed by atoms with E-state index in [1.54, 1.807) is 6.33 Å². The number of nitrogens with two attached hydrogens (primary N) is 1. The zero-order chi connectivity index (χ0) is 23.6. The highest BCUT2D eigenvalue weighted by atomic mass is 16.5. The lowest BCUT2D eigenvalue weighted by molar-refractivity contribution is 0.122. The van der Waals surface area contributed by atoms with Gasteiger partial charge in [-0.1, -0.05) is 24.3 Å². The fourth-order valence-electron chi connectivity index (χ4n) is 5.15. The molecule has 3 N–H and O–H groups in total. The zero-order valence-electron chi connectivity index (χ0n) is 19.9. The van der Waals surface area contributed by atoms with Gasteiger partial charge in [-0.3, -0.25) is 9.88 Å². The molecule has 3 aromatic heterocycles. The molecule has 180 valence electrons. The standard InChI is InChI=1S/C27H31N7O/c28-22-2-1-9-33(17-22)16-19-7-8-29-24(14-19)20-3-5-21(6-4-20)25-15-23-26(32-25)30-18-31-27(23)34-10-12-35-13-11-34/h3-8,14-15,18,22H,1-2,9-13,16-17,28H2,(H,30,31,32). The fourth-order valence-corrected chi connectivity index (χ4v) is 5.15. The molecule has 0 saturated carbocycles. The SMILES string of the molecule is NC1CCCN(Cc2ccnc(-c3ccc(-c4cc5c(N6CCOCC6)ncnc5[nH]4)cc3)c2)C1. The summed E-state index contributed by atoms with van der Waals surface area (Å²) >= 11 is 0. The van der Waals surface area contributed by atoms with Crippen LogP contribution in [0.3, 0.4) is 0 Å². The molecule has 1 unspecified atom stereocenters. The van der Waals surface area contributed by atoms with Gasteiger partial charge in [0.2, 0.25) is 0 Å². The van der Waals surface area contributed by atoms with Crippen molar-refractivity contribution in [1.29, 1.82) is 0 Å². The van der Waals surface area contributed by atoms with Crippen molar-refractivity contribution in [1.82, 2.24) is 24.8 Å². The maximum Gasteiger partial charge on any atom is 0.143 e. The molecule has 0 spiro atoms. The van der Waals surface area contributed by atoms with Gasteiger partial charge in [0.1, 0.15) is 17.8 Å². The Hall–Kier alpha value is -3.33. The minimum Gasteiger partial charge on any atom is -0.378 e. The summed E-state index contributed by atoms with van der Waals surface area (Å²) in [6.07, 6.45) is 5.84. The van der Waals surface area contributed by atoms with Crippen LogP contribution in [0.2, 0.25) is 0 Å². The molecule has 1 atom stereocenters. The molecule has 2 fully saturated rings. The molecule has 2 saturated heterocycles. The van der Waals surface area contributed by atoms with Crippen molar-refractivity contribution in [2.75, 3.05) is 44.3 Å². The van der Waals surface area contributed by atoms with Crippen molar-refractivity contribution >= 4 is 16.9 Å². The van der Waals surface area contributed by atoms with Crippen molar-refractivity contribution in [3.63, 3.8) is 0 Å². The maximum atomic E-state index is 6.16. The Labute approximate surface area is 205 Å². The van der Waals surface area contributed by atoms with Gasteiger partial charge in [0.15, 0.2) is 0 Å². The summed E-state index contributed by atoms with van der Waals surface area (Å²) < 4.78 is 5.50. The molecule has 0 radical (unpaired) electrons. The molecular weight excluding hydrogens is 438 g/mol. The number of nitrogens with zero attached hydrogens (tertiary/aromatic N) is 5. The predicted molar refractivity (Wildman–Crippen MR) is 138 cm³/mol. The van der Waals surface area contributed by atoms with Gasteiger partial charge in [-0.2, -0.15) is 0 Å². The first-order valence-corrected chi connectivity index (χ1v) is 12.4. The number of aromatic nitrogens is 4. The number of ether oxygens (including phenoxy) is 1. The van der Waals surface area contributed by atoms with Crippen LogP contribution in [0.25, 0.3) is 33.5 Å². The monoisotopic (exact) mass is 469 g/mol. The number of hydrogen-bond donors (Lipinski definition) is 2. The molecule has 0 bridgehead atoms. The Balaban J connectivity index is 1.22. The molecule has 4 aromatic rings. The number of hydrogen-bond acceptors (Lipinski definition) is 7. The Morgan fingerprint density at radius 2 is 1.80 bits per heavy atom. The first-order valence-electron chi connectivity index (χ1n) is 12.4. The Morgan fingerprint density at radius 3 is 2.63 bits per heavy atom. The second-order valence-corrected chi connectivity index (χ2v) is 9.51. The van der Waals surface area contributed by atoms with E-state index in [9.17, 15) is 0 Å². The Bertz CT molecular complexity index is 1300. The van der Waals surface area contributed by atoms with Crippen LogP contribution in [-0.4, -0.2) is 70.3 Å². The number of fused-ring (bicyclic) bond motifs is 1. The number of likely N-dealkylation sites (tertiary alicyclic amines) is 1. The molecule has 1 aromatic carbocycles. The molecule has 2 aliphatic rings. The van der Waals surface area contributed by atoms with Crippen LogP contribution >= 0.6 is 0 Å². The van der Waals surface area contributed by atoms with E-state index in [0.29, 0.717) is 0 Å². The summed E-state index contributed by atoms with van der Waals surface area (Å²) in [5.74, 6) is 0.966. The van der Waals surface area contributed by atoms with Gasteiger partial charge < -0.3 is 20.4 Å². The topological polar surface area (TPSA) is 96.2 Å². The van der Waals surface area contributed by atoms with Crippen LogP contribution < -0.4 is 10.6 Å². The quantitative estimate of drug-likeness (QED) is 0.462. The summed E-state index contributed by atoms with van der Waals surface area (Å²) in [7, 11) is 0. The van der Waals surface area contributed by atoms with Crippen LogP contribution in [0.1, 0.15) is 18.4 Å². The van der Waals surface area contributed by atoms with Gasteiger partial charge in [-0.25, -0.2) is 9.97 Å². The number of morpholine rings is 1. The van der Waals surface area contributed by atoms with Crippen LogP contribution in [0, 0.1) is 0 Å². The van der Waals surface area contributed by atoms with Crippen LogP contribution in [0.15, 0.2) is 55.0 Å². The minimum absolute atomic E-state index is 0.290. The number of rotatable bonds is 5. The lowest BCUT2D eigenvalue weighted by Crippen LogP contribution is -2.42. The molecule has 6 rings (SSSR count). The van der Waals surface area contributed by atoms with Crippen molar-refractivity contribution < 1.29 is 4.74 Å². The summed E-state index contributed by atoms with van der Waals surface area (Å²) in [4.78, 5) is 21.8. The Morgan fingerprint density at radius 1 is 0.971 bits per heavy atom. The van der Waals surface area contributed by atoms with Gasteiger partial charge in [-0.05, 0) is 48.7 Å². The number of H-pyrrole nitrogens is 1. The molecule has 5 heterocycles. The average molecular weight is 470 g/mol. The van der Waals surface area contributed by atoms with Gasteiger partial charge in [0.25, 0.3) is 0 Å².